The maximum atomic E-state index is 11.1. The van der Waals surface area contributed by atoms with Gasteiger partial charge in [0.25, 0.3) is 0 Å². The van der Waals surface area contributed by atoms with Crippen LogP contribution in [0.5, 0.6) is 0 Å². The van der Waals surface area contributed by atoms with E-state index >= 15 is 0 Å². The van der Waals surface area contributed by atoms with E-state index in [2.05, 4.69) is 22.3 Å². The zero-order chi connectivity index (χ0) is 14.7. The van der Waals surface area contributed by atoms with E-state index in [-0.39, 0.29) is 17.7 Å². The molecular formula is C12H20N6O2. The molecule has 1 aromatic heterocycles. The molecule has 2 atom stereocenters. The highest BCUT2D eigenvalue weighted by molar-refractivity contribution is 5.59. The van der Waals surface area contributed by atoms with Crippen LogP contribution in [0.4, 0.5) is 17.5 Å². The number of hydrazine groups is 1. The number of hydrogen-bond donors (Lipinski definition) is 2. The van der Waals surface area contributed by atoms with Crippen LogP contribution in [0.25, 0.3) is 0 Å². The van der Waals surface area contributed by atoms with Gasteiger partial charge in [-0.1, -0.05) is 19.8 Å². The summed E-state index contributed by atoms with van der Waals surface area (Å²) in [7, 11) is 1.85. The lowest BCUT2D eigenvalue weighted by atomic mass is 9.85. The molecule has 20 heavy (non-hydrogen) atoms. The Morgan fingerprint density at radius 1 is 1.50 bits per heavy atom. The number of hydrogen-bond acceptors (Lipinski definition) is 7. The van der Waals surface area contributed by atoms with Crippen LogP contribution in [0.3, 0.4) is 0 Å². The second kappa shape index (κ2) is 6.00. The van der Waals surface area contributed by atoms with Crippen molar-refractivity contribution >= 4 is 17.5 Å². The SMILES string of the molecule is CC1CCCCC1N(C)c1nc(NN)ncc1[N+](=O)[O-]. The van der Waals surface area contributed by atoms with Crippen molar-refractivity contribution in [1.82, 2.24) is 9.97 Å². The molecule has 1 fully saturated rings. The number of anilines is 2. The zero-order valence-corrected chi connectivity index (χ0v) is 11.7. The highest BCUT2D eigenvalue weighted by atomic mass is 16.6. The molecule has 0 amide bonds. The maximum Gasteiger partial charge on any atom is 0.329 e. The maximum absolute atomic E-state index is 11.1. The van der Waals surface area contributed by atoms with Crippen molar-refractivity contribution in [2.24, 2.45) is 11.8 Å². The first-order chi connectivity index (χ1) is 9.54. The first-order valence-corrected chi connectivity index (χ1v) is 6.75. The predicted molar refractivity (Wildman–Crippen MR) is 76.3 cm³/mol. The van der Waals surface area contributed by atoms with E-state index in [1.807, 2.05) is 11.9 Å². The van der Waals surface area contributed by atoms with Crippen LogP contribution >= 0.6 is 0 Å². The fourth-order valence-electron chi connectivity index (χ4n) is 2.85. The van der Waals surface area contributed by atoms with Crippen molar-refractivity contribution < 1.29 is 4.92 Å². The fourth-order valence-corrected chi connectivity index (χ4v) is 2.85. The van der Waals surface area contributed by atoms with E-state index in [0.717, 1.165) is 19.3 Å². The minimum absolute atomic E-state index is 0.0933. The van der Waals surface area contributed by atoms with E-state index in [9.17, 15) is 10.1 Å². The van der Waals surface area contributed by atoms with Gasteiger partial charge in [-0.25, -0.2) is 10.8 Å². The monoisotopic (exact) mass is 280 g/mol. The largest absolute Gasteiger partial charge is 0.351 e. The molecule has 1 aromatic rings. The van der Waals surface area contributed by atoms with Crippen molar-refractivity contribution in [3.8, 4) is 0 Å². The van der Waals surface area contributed by atoms with Crippen LogP contribution in [0, 0.1) is 16.0 Å². The Hall–Kier alpha value is -1.96. The highest BCUT2D eigenvalue weighted by Gasteiger charge is 2.30. The van der Waals surface area contributed by atoms with Gasteiger partial charge in [0.1, 0.15) is 6.20 Å². The second-order valence-electron chi connectivity index (χ2n) is 5.24. The molecule has 8 heteroatoms. The molecule has 1 heterocycles. The molecule has 1 saturated carbocycles. The summed E-state index contributed by atoms with van der Waals surface area (Å²) in [5, 5.41) is 11.1. The first-order valence-electron chi connectivity index (χ1n) is 6.75. The normalized spacial score (nSPS) is 22.4. The van der Waals surface area contributed by atoms with E-state index in [4.69, 9.17) is 5.84 Å². The summed E-state index contributed by atoms with van der Waals surface area (Å²) in [6.45, 7) is 2.18. The summed E-state index contributed by atoms with van der Waals surface area (Å²) in [6, 6.07) is 0.253. The number of nitrogen functional groups attached to an aromatic ring is 1. The van der Waals surface area contributed by atoms with Gasteiger partial charge in [-0.05, 0) is 18.8 Å². The van der Waals surface area contributed by atoms with Crippen LogP contribution < -0.4 is 16.2 Å². The van der Waals surface area contributed by atoms with Crippen LogP contribution in [0.1, 0.15) is 32.6 Å². The molecule has 0 radical (unpaired) electrons. The number of rotatable bonds is 4. The fraction of sp³-hybridized carbons (Fsp3) is 0.667. The lowest BCUT2D eigenvalue weighted by molar-refractivity contribution is -0.384. The summed E-state index contributed by atoms with van der Waals surface area (Å²) < 4.78 is 0. The molecule has 0 aromatic carbocycles. The van der Waals surface area contributed by atoms with Crippen molar-refractivity contribution in [2.45, 2.75) is 38.6 Å². The first kappa shape index (κ1) is 14.4. The Kier molecular flexibility index (Phi) is 4.33. The van der Waals surface area contributed by atoms with Gasteiger partial charge >= 0.3 is 5.69 Å². The summed E-state index contributed by atoms with van der Waals surface area (Å²) >= 11 is 0. The highest BCUT2D eigenvalue weighted by Crippen LogP contribution is 2.33. The molecule has 0 bridgehead atoms. The van der Waals surface area contributed by atoms with E-state index < -0.39 is 4.92 Å². The van der Waals surface area contributed by atoms with Crippen molar-refractivity contribution in [3.63, 3.8) is 0 Å². The standard InChI is InChI=1S/C12H20N6O2/c1-8-5-3-4-6-9(8)17(2)11-10(18(19)20)7-14-12(15-11)16-13/h7-9H,3-6,13H2,1-2H3,(H,14,15,16). The van der Waals surface area contributed by atoms with Crippen molar-refractivity contribution in [1.29, 1.82) is 0 Å². The molecular weight excluding hydrogens is 260 g/mol. The van der Waals surface area contributed by atoms with Gasteiger partial charge in [-0.2, -0.15) is 4.98 Å². The Morgan fingerprint density at radius 3 is 2.80 bits per heavy atom. The Morgan fingerprint density at radius 2 is 2.20 bits per heavy atom. The summed E-state index contributed by atoms with van der Waals surface area (Å²) in [6.07, 6.45) is 5.70. The van der Waals surface area contributed by atoms with Crippen molar-refractivity contribution in [3.05, 3.63) is 16.3 Å². The van der Waals surface area contributed by atoms with Crippen molar-refractivity contribution in [2.75, 3.05) is 17.4 Å². The topological polar surface area (TPSA) is 110 Å². The minimum Gasteiger partial charge on any atom is -0.351 e. The molecule has 8 nitrogen and oxygen atoms in total. The van der Waals surface area contributed by atoms with Gasteiger partial charge in [0, 0.05) is 13.1 Å². The average Bonchev–Trinajstić information content (AvgIpc) is 2.46. The molecule has 1 aliphatic rings. The van der Waals surface area contributed by atoms with Crippen LogP contribution in [-0.4, -0.2) is 28.0 Å². The third-order valence-corrected chi connectivity index (χ3v) is 3.97. The molecule has 0 saturated heterocycles. The van der Waals surface area contributed by atoms with Gasteiger partial charge in [-0.15, -0.1) is 0 Å². The van der Waals surface area contributed by atoms with Crippen LogP contribution in [0.2, 0.25) is 0 Å². The second-order valence-corrected chi connectivity index (χ2v) is 5.24. The molecule has 2 rings (SSSR count). The third-order valence-electron chi connectivity index (χ3n) is 3.97. The summed E-state index contributed by atoms with van der Waals surface area (Å²) in [4.78, 5) is 20.5. The number of nitrogens with zero attached hydrogens (tertiary/aromatic N) is 4. The van der Waals surface area contributed by atoms with Gasteiger partial charge in [0.15, 0.2) is 0 Å². The van der Waals surface area contributed by atoms with E-state index in [1.165, 1.54) is 12.6 Å². The number of aromatic nitrogens is 2. The average molecular weight is 280 g/mol. The van der Waals surface area contributed by atoms with Gasteiger partial charge in [0.2, 0.25) is 11.8 Å². The predicted octanol–water partition coefficient (Wildman–Crippen LogP) is 1.69. The quantitative estimate of drug-likeness (QED) is 0.490. The van der Waals surface area contributed by atoms with Crippen LogP contribution in [0.15, 0.2) is 6.20 Å². The third kappa shape index (κ3) is 2.79. The number of nitro groups is 1. The molecule has 0 spiro atoms. The summed E-state index contributed by atoms with van der Waals surface area (Å²) in [5.41, 5.74) is 2.24. The van der Waals surface area contributed by atoms with Gasteiger partial charge < -0.3 is 4.90 Å². The lowest BCUT2D eigenvalue weighted by Crippen LogP contribution is -2.40. The number of nitrogens with two attached hydrogens (primary N) is 1. The Labute approximate surface area is 117 Å². The smallest absolute Gasteiger partial charge is 0.329 e. The molecule has 3 N–H and O–H groups in total. The minimum atomic E-state index is -0.459. The molecule has 110 valence electrons. The molecule has 0 aliphatic heterocycles. The summed E-state index contributed by atoms with van der Waals surface area (Å²) in [5.74, 6) is 6.27. The molecule has 1 aliphatic carbocycles. The van der Waals surface area contributed by atoms with Crippen LogP contribution in [-0.2, 0) is 0 Å². The molecule has 2 unspecified atom stereocenters. The van der Waals surface area contributed by atoms with Gasteiger partial charge in [-0.3, -0.25) is 15.5 Å². The zero-order valence-electron chi connectivity index (χ0n) is 11.7. The Bertz CT molecular complexity index is 495. The number of nitrogens with one attached hydrogen (secondary N) is 1. The van der Waals surface area contributed by atoms with E-state index in [1.54, 1.807) is 0 Å². The lowest BCUT2D eigenvalue weighted by Gasteiger charge is -2.36. The Balaban J connectivity index is 2.35. The van der Waals surface area contributed by atoms with Gasteiger partial charge in [0.05, 0.1) is 4.92 Å². The van der Waals surface area contributed by atoms with E-state index in [0.29, 0.717) is 11.7 Å².